The maximum absolute atomic E-state index is 9.88. The molecule has 1 rings (SSSR count). The summed E-state index contributed by atoms with van der Waals surface area (Å²) in [4.78, 5) is 0. The van der Waals surface area contributed by atoms with Crippen LogP contribution >= 0.6 is 11.8 Å². The molecule has 3 heteroatoms. The average molecular weight is 245 g/mol. The van der Waals surface area contributed by atoms with Crippen LogP contribution in [0.4, 0.5) is 0 Å². The lowest BCUT2D eigenvalue weighted by Gasteiger charge is -2.32. The SMILES string of the molecule is C[C@H](CSC(C)(C)C)N[C@H]1CCCC[C@H]1O. The van der Waals surface area contributed by atoms with Crippen LogP contribution in [0.2, 0.25) is 0 Å². The predicted octanol–water partition coefficient (Wildman–Crippen LogP) is 2.80. The first-order valence-electron chi connectivity index (χ1n) is 6.46. The van der Waals surface area contributed by atoms with Gasteiger partial charge in [-0.3, -0.25) is 0 Å². The molecule has 0 spiro atoms. The van der Waals surface area contributed by atoms with Crippen molar-refractivity contribution in [2.75, 3.05) is 5.75 Å². The lowest BCUT2D eigenvalue weighted by atomic mass is 9.92. The Morgan fingerprint density at radius 2 is 1.94 bits per heavy atom. The van der Waals surface area contributed by atoms with Gasteiger partial charge in [-0.15, -0.1) is 0 Å². The number of aliphatic hydroxyl groups excluding tert-OH is 1. The van der Waals surface area contributed by atoms with E-state index in [1.165, 1.54) is 12.8 Å². The Labute approximate surface area is 105 Å². The Morgan fingerprint density at radius 1 is 1.31 bits per heavy atom. The van der Waals surface area contributed by atoms with Gasteiger partial charge in [0.1, 0.15) is 0 Å². The van der Waals surface area contributed by atoms with Gasteiger partial charge in [-0.25, -0.2) is 0 Å². The second kappa shape index (κ2) is 6.27. The van der Waals surface area contributed by atoms with Crippen LogP contribution in [0.15, 0.2) is 0 Å². The van der Waals surface area contributed by atoms with Crippen LogP contribution in [0.25, 0.3) is 0 Å². The van der Waals surface area contributed by atoms with Crippen LogP contribution in [-0.4, -0.2) is 33.8 Å². The molecule has 3 atom stereocenters. The largest absolute Gasteiger partial charge is 0.392 e. The van der Waals surface area contributed by atoms with E-state index >= 15 is 0 Å². The van der Waals surface area contributed by atoms with E-state index in [9.17, 15) is 5.11 Å². The van der Waals surface area contributed by atoms with Gasteiger partial charge in [0.25, 0.3) is 0 Å². The quantitative estimate of drug-likeness (QED) is 0.799. The summed E-state index contributed by atoms with van der Waals surface area (Å²) in [6, 6.07) is 0.811. The molecule has 0 aliphatic heterocycles. The first-order chi connectivity index (χ1) is 7.38. The molecule has 0 aromatic carbocycles. The molecule has 0 amide bonds. The number of rotatable bonds is 4. The zero-order chi connectivity index (χ0) is 12.2. The molecule has 1 fully saturated rings. The number of thioether (sulfide) groups is 1. The van der Waals surface area contributed by atoms with Gasteiger partial charge in [-0.1, -0.05) is 33.6 Å². The van der Waals surface area contributed by atoms with E-state index in [1.54, 1.807) is 0 Å². The van der Waals surface area contributed by atoms with E-state index in [0.717, 1.165) is 18.6 Å². The number of nitrogens with one attached hydrogen (secondary N) is 1. The number of hydrogen-bond donors (Lipinski definition) is 2. The lowest BCUT2D eigenvalue weighted by molar-refractivity contribution is 0.0873. The van der Waals surface area contributed by atoms with Crippen molar-refractivity contribution >= 4 is 11.8 Å². The van der Waals surface area contributed by atoms with E-state index in [-0.39, 0.29) is 6.10 Å². The first kappa shape index (κ1) is 14.3. The van der Waals surface area contributed by atoms with E-state index in [4.69, 9.17) is 0 Å². The maximum Gasteiger partial charge on any atom is 0.0693 e. The predicted molar refractivity (Wildman–Crippen MR) is 73.1 cm³/mol. The van der Waals surface area contributed by atoms with Crippen LogP contribution in [-0.2, 0) is 0 Å². The number of aliphatic hydroxyl groups is 1. The third-order valence-electron chi connectivity index (χ3n) is 2.99. The van der Waals surface area contributed by atoms with E-state index in [1.807, 2.05) is 11.8 Å². The fraction of sp³-hybridized carbons (Fsp3) is 1.00. The molecule has 2 N–H and O–H groups in total. The molecule has 0 bridgehead atoms. The zero-order valence-corrected chi connectivity index (χ0v) is 11.9. The van der Waals surface area contributed by atoms with Crippen molar-refractivity contribution in [3.05, 3.63) is 0 Å². The van der Waals surface area contributed by atoms with Crippen LogP contribution in [0, 0.1) is 0 Å². The molecular formula is C13H27NOS. The van der Waals surface area contributed by atoms with E-state index in [0.29, 0.717) is 16.8 Å². The molecule has 16 heavy (non-hydrogen) atoms. The standard InChI is InChI=1S/C13H27NOS/c1-10(9-16-13(2,3)4)14-11-7-5-6-8-12(11)15/h10-12,14-15H,5-9H2,1-4H3/t10-,11+,12-/m1/s1. The topological polar surface area (TPSA) is 32.3 Å². The Hall–Kier alpha value is 0.270. The van der Waals surface area contributed by atoms with Crippen LogP contribution in [0.3, 0.4) is 0 Å². The highest BCUT2D eigenvalue weighted by Gasteiger charge is 2.24. The van der Waals surface area contributed by atoms with Crippen molar-refractivity contribution in [2.24, 2.45) is 0 Å². The fourth-order valence-electron chi connectivity index (χ4n) is 2.09. The van der Waals surface area contributed by atoms with Crippen molar-refractivity contribution in [1.29, 1.82) is 0 Å². The third-order valence-corrected chi connectivity index (χ3v) is 4.53. The third kappa shape index (κ3) is 5.55. The van der Waals surface area contributed by atoms with Crippen molar-refractivity contribution in [3.8, 4) is 0 Å². The molecule has 1 aliphatic rings. The Kier molecular flexibility index (Phi) is 5.62. The molecule has 1 aliphatic carbocycles. The fourth-order valence-corrected chi connectivity index (χ4v) is 2.94. The summed E-state index contributed by atoms with van der Waals surface area (Å²) < 4.78 is 0.334. The van der Waals surface area contributed by atoms with Gasteiger partial charge in [-0.05, 0) is 19.8 Å². The normalized spacial score (nSPS) is 29.1. The minimum atomic E-state index is -0.129. The zero-order valence-electron chi connectivity index (χ0n) is 11.1. The Morgan fingerprint density at radius 3 is 2.50 bits per heavy atom. The molecular weight excluding hydrogens is 218 g/mol. The summed E-state index contributed by atoms with van der Waals surface area (Å²) >= 11 is 1.99. The highest BCUT2D eigenvalue weighted by atomic mass is 32.2. The van der Waals surface area contributed by atoms with Crippen molar-refractivity contribution in [3.63, 3.8) is 0 Å². The van der Waals surface area contributed by atoms with Gasteiger partial charge in [0, 0.05) is 22.6 Å². The van der Waals surface area contributed by atoms with Gasteiger partial charge in [0.15, 0.2) is 0 Å². The summed E-state index contributed by atoms with van der Waals surface area (Å²) in [7, 11) is 0. The molecule has 0 aromatic rings. The van der Waals surface area contributed by atoms with E-state index in [2.05, 4.69) is 33.0 Å². The molecule has 0 radical (unpaired) electrons. The van der Waals surface area contributed by atoms with Gasteiger partial charge >= 0.3 is 0 Å². The smallest absolute Gasteiger partial charge is 0.0693 e. The Balaban J connectivity index is 2.24. The highest BCUT2D eigenvalue weighted by molar-refractivity contribution is 8.00. The molecule has 2 nitrogen and oxygen atoms in total. The Bertz CT molecular complexity index is 203. The summed E-state index contributed by atoms with van der Waals surface area (Å²) in [5, 5.41) is 13.4. The van der Waals surface area contributed by atoms with Crippen molar-refractivity contribution < 1.29 is 5.11 Å². The summed E-state index contributed by atoms with van der Waals surface area (Å²) in [6.07, 6.45) is 4.41. The summed E-state index contributed by atoms with van der Waals surface area (Å²) in [5.74, 6) is 1.12. The van der Waals surface area contributed by atoms with Crippen LogP contribution in [0.5, 0.6) is 0 Å². The molecule has 96 valence electrons. The van der Waals surface area contributed by atoms with Crippen molar-refractivity contribution in [1.82, 2.24) is 5.32 Å². The molecule has 0 unspecified atom stereocenters. The van der Waals surface area contributed by atoms with Gasteiger partial charge < -0.3 is 10.4 Å². The monoisotopic (exact) mass is 245 g/mol. The second-order valence-corrected chi connectivity index (χ2v) is 7.80. The van der Waals surface area contributed by atoms with Crippen LogP contribution in [0.1, 0.15) is 53.4 Å². The summed E-state index contributed by atoms with van der Waals surface area (Å²) in [5.41, 5.74) is 0. The lowest BCUT2D eigenvalue weighted by Crippen LogP contribution is -2.47. The molecule has 0 aromatic heterocycles. The molecule has 0 saturated heterocycles. The van der Waals surface area contributed by atoms with Gasteiger partial charge in [0.05, 0.1) is 6.10 Å². The van der Waals surface area contributed by atoms with Gasteiger partial charge in [-0.2, -0.15) is 11.8 Å². The van der Waals surface area contributed by atoms with E-state index < -0.39 is 0 Å². The highest BCUT2D eigenvalue weighted by Crippen LogP contribution is 2.24. The summed E-state index contributed by atoms with van der Waals surface area (Å²) in [6.45, 7) is 8.97. The second-order valence-electron chi connectivity index (χ2n) is 5.95. The minimum Gasteiger partial charge on any atom is -0.392 e. The molecule has 1 saturated carbocycles. The van der Waals surface area contributed by atoms with Crippen molar-refractivity contribution in [2.45, 2.75) is 76.3 Å². The minimum absolute atomic E-state index is 0.129. The number of hydrogen-bond acceptors (Lipinski definition) is 3. The van der Waals surface area contributed by atoms with Crippen LogP contribution < -0.4 is 5.32 Å². The maximum atomic E-state index is 9.88. The first-order valence-corrected chi connectivity index (χ1v) is 7.45. The molecule has 0 heterocycles. The van der Waals surface area contributed by atoms with Gasteiger partial charge in [0.2, 0.25) is 0 Å². The average Bonchev–Trinajstić information content (AvgIpc) is 2.18.